The smallest absolute Gasteiger partial charge is 0.264 e. The normalized spacial score (nSPS) is 21.0. The van der Waals surface area contributed by atoms with Crippen molar-refractivity contribution in [3.05, 3.63) is 76.3 Å². The molecule has 4 atom stereocenters. The molecule has 2 aromatic heterocycles. The fourth-order valence-electron chi connectivity index (χ4n) is 6.85. The molecule has 2 bridgehead atoms. The molecule has 2 saturated heterocycles. The average Bonchev–Trinajstić information content (AvgIpc) is 3.20. The number of rotatable bonds is 11. The molecule has 0 spiro atoms. The minimum Gasteiger partial charge on any atom is -0.378 e. The zero-order valence-electron chi connectivity index (χ0n) is 25.2. The Kier molecular flexibility index (Phi) is 9.38. The molecule has 3 aromatic rings. The quantitative estimate of drug-likeness (QED) is 0.372. The van der Waals surface area contributed by atoms with Crippen LogP contribution in [0.15, 0.2) is 59.7 Å². The Balaban J connectivity index is 1.19. The highest BCUT2D eigenvalue weighted by atomic mass is 16.5. The number of para-hydroxylation sites is 1. The fraction of sp³-hybridized carbons (Fsp3) is 0.515. The molecule has 4 heterocycles. The van der Waals surface area contributed by atoms with Gasteiger partial charge in [0, 0.05) is 70.7 Å². The van der Waals surface area contributed by atoms with E-state index in [4.69, 9.17) is 4.74 Å². The van der Waals surface area contributed by atoms with Crippen LogP contribution < -0.4 is 10.9 Å². The Hall–Kier alpha value is -3.56. The van der Waals surface area contributed by atoms with Crippen molar-refractivity contribution in [3.63, 3.8) is 0 Å². The molecule has 2 amide bonds. The molecule has 2 aliphatic heterocycles. The lowest BCUT2D eigenvalue weighted by molar-refractivity contribution is -0.131. The molecule has 0 radical (unpaired) electrons. The van der Waals surface area contributed by atoms with Crippen molar-refractivity contribution < 1.29 is 14.3 Å². The number of pyridine rings is 2. The number of methoxy groups -OCH3 is 1. The second-order valence-electron chi connectivity index (χ2n) is 12.1. The summed E-state index contributed by atoms with van der Waals surface area (Å²) in [5, 5.41) is 3.98. The van der Waals surface area contributed by atoms with Gasteiger partial charge in [-0.25, -0.2) is 0 Å². The van der Waals surface area contributed by atoms with Gasteiger partial charge in [-0.3, -0.25) is 24.3 Å². The first-order valence-electron chi connectivity index (χ1n) is 15.1. The highest BCUT2D eigenvalue weighted by molar-refractivity contribution is 5.97. The zero-order valence-corrected chi connectivity index (χ0v) is 25.2. The van der Waals surface area contributed by atoms with Crippen molar-refractivity contribution in [2.24, 2.45) is 5.92 Å². The SMILES string of the molecule is COC(CN(Cc1cccnc1)C(C)=O)CN1[C@@H]2CC[C@H]1CC(CNC(=O)c1cc3ccccc3n(C(C)C)c1=O)C2. The van der Waals surface area contributed by atoms with Gasteiger partial charge in [0.1, 0.15) is 5.56 Å². The molecule has 5 rings (SSSR count). The number of ether oxygens (including phenoxy) is 1. The van der Waals surface area contributed by atoms with E-state index in [0.29, 0.717) is 37.6 Å². The molecule has 0 aliphatic carbocycles. The molecule has 42 heavy (non-hydrogen) atoms. The van der Waals surface area contributed by atoms with E-state index in [9.17, 15) is 14.4 Å². The number of aromatic nitrogens is 2. The van der Waals surface area contributed by atoms with E-state index in [1.165, 1.54) is 0 Å². The van der Waals surface area contributed by atoms with Gasteiger partial charge in [0.2, 0.25) is 5.91 Å². The Morgan fingerprint density at radius 1 is 1.12 bits per heavy atom. The van der Waals surface area contributed by atoms with E-state index in [2.05, 4.69) is 15.2 Å². The van der Waals surface area contributed by atoms with Crippen molar-refractivity contribution in [1.82, 2.24) is 24.7 Å². The Bertz CT molecular complexity index is 1440. The summed E-state index contributed by atoms with van der Waals surface area (Å²) in [6, 6.07) is 14.1. The third-order valence-electron chi connectivity index (χ3n) is 8.95. The molecule has 1 N–H and O–H groups in total. The lowest BCUT2D eigenvalue weighted by Gasteiger charge is -2.41. The summed E-state index contributed by atoms with van der Waals surface area (Å²) in [7, 11) is 1.72. The van der Waals surface area contributed by atoms with Crippen molar-refractivity contribution >= 4 is 22.7 Å². The number of amides is 2. The number of hydrogen-bond acceptors (Lipinski definition) is 6. The summed E-state index contributed by atoms with van der Waals surface area (Å²) >= 11 is 0. The molecule has 1 aromatic carbocycles. The molecule has 2 aliphatic rings. The highest BCUT2D eigenvalue weighted by Crippen LogP contribution is 2.38. The molecule has 224 valence electrons. The van der Waals surface area contributed by atoms with Crippen LogP contribution in [0.2, 0.25) is 0 Å². The van der Waals surface area contributed by atoms with Crippen LogP contribution in [-0.4, -0.2) is 76.1 Å². The first-order chi connectivity index (χ1) is 20.2. The molecule has 9 nitrogen and oxygen atoms in total. The van der Waals surface area contributed by atoms with Crippen LogP contribution in [0, 0.1) is 5.92 Å². The van der Waals surface area contributed by atoms with Gasteiger partial charge in [-0.2, -0.15) is 0 Å². The number of hydrogen-bond donors (Lipinski definition) is 1. The third-order valence-corrected chi connectivity index (χ3v) is 8.95. The van der Waals surface area contributed by atoms with Gasteiger partial charge in [-0.1, -0.05) is 24.3 Å². The van der Waals surface area contributed by atoms with E-state index in [1.54, 1.807) is 37.1 Å². The summed E-state index contributed by atoms with van der Waals surface area (Å²) in [4.78, 5) is 47.5. The summed E-state index contributed by atoms with van der Waals surface area (Å²) < 4.78 is 7.59. The van der Waals surface area contributed by atoms with Crippen LogP contribution in [0.1, 0.15) is 68.4 Å². The Labute approximate surface area is 247 Å². The van der Waals surface area contributed by atoms with Gasteiger partial charge in [0.25, 0.3) is 11.5 Å². The molecule has 9 heteroatoms. The third kappa shape index (κ3) is 6.57. The number of benzene rings is 1. The summed E-state index contributed by atoms with van der Waals surface area (Å²) in [6.07, 6.45) is 7.67. The van der Waals surface area contributed by atoms with Crippen molar-refractivity contribution in [3.8, 4) is 0 Å². The van der Waals surface area contributed by atoms with Gasteiger partial charge < -0.3 is 19.5 Å². The number of carbonyl (C=O) groups is 2. The first-order valence-corrected chi connectivity index (χ1v) is 15.1. The van der Waals surface area contributed by atoms with E-state index in [-0.39, 0.29) is 35.1 Å². The summed E-state index contributed by atoms with van der Waals surface area (Å²) in [6.45, 7) is 7.89. The van der Waals surface area contributed by atoms with Gasteiger partial charge in [0.05, 0.1) is 11.6 Å². The van der Waals surface area contributed by atoms with E-state index in [1.807, 2.05) is 55.1 Å². The van der Waals surface area contributed by atoms with Crippen LogP contribution in [-0.2, 0) is 16.1 Å². The summed E-state index contributed by atoms with van der Waals surface area (Å²) in [5.74, 6) is 0.0768. The number of fused-ring (bicyclic) bond motifs is 3. The van der Waals surface area contributed by atoms with Crippen molar-refractivity contribution in [2.75, 3.05) is 26.7 Å². The fourth-order valence-corrected chi connectivity index (χ4v) is 6.85. The van der Waals surface area contributed by atoms with Crippen LogP contribution >= 0.6 is 0 Å². The number of piperidine rings is 1. The average molecular weight is 574 g/mol. The van der Waals surface area contributed by atoms with E-state index >= 15 is 0 Å². The second kappa shape index (κ2) is 13.2. The van der Waals surface area contributed by atoms with Crippen LogP contribution in [0.5, 0.6) is 0 Å². The van der Waals surface area contributed by atoms with Crippen molar-refractivity contribution in [1.29, 1.82) is 0 Å². The lowest BCUT2D eigenvalue weighted by Crippen LogP contribution is -2.50. The largest absolute Gasteiger partial charge is 0.378 e. The van der Waals surface area contributed by atoms with E-state index in [0.717, 1.165) is 48.7 Å². The minimum atomic E-state index is -0.299. The highest BCUT2D eigenvalue weighted by Gasteiger charge is 2.41. The minimum absolute atomic E-state index is 0.0184. The van der Waals surface area contributed by atoms with Gasteiger partial charge in [0.15, 0.2) is 0 Å². The topological polar surface area (TPSA) is 96.8 Å². The van der Waals surface area contributed by atoms with Gasteiger partial charge >= 0.3 is 0 Å². The van der Waals surface area contributed by atoms with Gasteiger partial charge in [-0.05, 0) is 74.6 Å². The molecular weight excluding hydrogens is 530 g/mol. The number of nitrogens with zero attached hydrogens (tertiary/aromatic N) is 4. The van der Waals surface area contributed by atoms with Crippen molar-refractivity contribution in [2.45, 2.75) is 77.2 Å². The lowest BCUT2D eigenvalue weighted by atomic mass is 9.90. The maximum Gasteiger partial charge on any atom is 0.264 e. The summed E-state index contributed by atoms with van der Waals surface area (Å²) in [5.41, 5.74) is 1.80. The second-order valence-corrected chi connectivity index (χ2v) is 12.1. The molecule has 2 unspecified atom stereocenters. The number of nitrogens with one attached hydrogen (secondary N) is 1. The standard InChI is InChI=1S/C33H43N5O4/c1-22(2)38-31-10-6-5-9-26(31)16-30(33(38)41)32(40)35-18-25-14-27-11-12-28(15-25)37(27)21-29(42-4)20-36(23(3)39)19-24-8-7-13-34-17-24/h5-10,13,16-17,22,25,27-29H,11-12,14-15,18-21H2,1-4H3,(H,35,40)/t25?,27-,28+,29?. The van der Waals surface area contributed by atoms with Gasteiger partial charge in [-0.15, -0.1) is 0 Å². The van der Waals surface area contributed by atoms with E-state index < -0.39 is 0 Å². The molecule has 0 saturated carbocycles. The zero-order chi connectivity index (χ0) is 29.8. The predicted octanol–water partition coefficient (Wildman–Crippen LogP) is 4.01. The Morgan fingerprint density at radius 2 is 1.86 bits per heavy atom. The maximum atomic E-state index is 13.3. The molecular formula is C33H43N5O4. The molecule has 2 fully saturated rings. The van der Waals surface area contributed by atoms with Crippen LogP contribution in [0.4, 0.5) is 0 Å². The number of carbonyl (C=O) groups excluding carboxylic acids is 2. The predicted molar refractivity (Wildman–Crippen MR) is 163 cm³/mol. The van der Waals surface area contributed by atoms with Crippen LogP contribution in [0.25, 0.3) is 10.9 Å². The first kappa shape index (κ1) is 29.9. The monoisotopic (exact) mass is 573 g/mol. The van der Waals surface area contributed by atoms with Crippen LogP contribution in [0.3, 0.4) is 0 Å². The Morgan fingerprint density at radius 3 is 2.50 bits per heavy atom. The maximum absolute atomic E-state index is 13.3.